The zero-order chi connectivity index (χ0) is 10.9. The van der Waals surface area contributed by atoms with Crippen LogP contribution >= 0.6 is 17.6 Å². The van der Waals surface area contributed by atoms with Crippen LogP contribution in [0.15, 0.2) is 4.41 Å². The minimum absolute atomic E-state index is 0.515. The summed E-state index contributed by atoms with van der Waals surface area (Å²) in [6, 6.07) is 0. The second-order valence-electron chi connectivity index (χ2n) is 5.11. The van der Waals surface area contributed by atoms with Crippen LogP contribution in [0.25, 0.3) is 0 Å². The van der Waals surface area contributed by atoms with Crippen LogP contribution in [0.3, 0.4) is 0 Å². The van der Waals surface area contributed by atoms with Gasteiger partial charge < -0.3 is 4.41 Å². The van der Waals surface area contributed by atoms with Gasteiger partial charge in [-0.3, -0.25) is 0 Å². The van der Waals surface area contributed by atoms with Crippen molar-refractivity contribution in [1.82, 2.24) is 0 Å². The van der Waals surface area contributed by atoms with Crippen molar-refractivity contribution in [1.29, 1.82) is 0 Å². The molecule has 4 heteroatoms. The van der Waals surface area contributed by atoms with Gasteiger partial charge in [0.05, 0.1) is 0 Å². The van der Waals surface area contributed by atoms with Crippen LogP contribution in [-0.2, 0) is 0 Å². The third kappa shape index (κ3) is 4.18. The van der Waals surface area contributed by atoms with Crippen molar-refractivity contribution in [2.75, 3.05) is 0 Å². The Morgan fingerprint density at radius 2 is 1.31 bits per heavy atom. The monoisotopic (exact) mass is 239 g/mol. The smallest absolute Gasteiger partial charge is 0.172 e. The fraction of sp³-hybridized carbons (Fsp3) is 1.00. The summed E-state index contributed by atoms with van der Waals surface area (Å²) in [7, 11) is -1.38. The normalized spacial score (nSPS) is 14.0. The van der Waals surface area contributed by atoms with E-state index >= 15 is 0 Å². The number of halogens is 1. The van der Waals surface area contributed by atoms with Crippen molar-refractivity contribution < 1.29 is 0 Å². The first-order valence-electron chi connectivity index (χ1n) is 4.92. The van der Waals surface area contributed by atoms with Gasteiger partial charge >= 0.3 is 0 Å². The summed E-state index contributed by atoms with van der Waals surface area (Å²) in [5.74, 6) is 0. The van der Waals surface area contributed by atoms with Crippen LogP contribution in [-0.4, -0.2) is 19.6 Å². The van der Waals surface area contributed by atoms with Crippen LogP contribution in [0.5, 0.6) is 0 Å². The molecule has 0 spiro atoms. The lowest BCUT2D eigenvalue weighted by atomic mass is 10.5. The first-order chi connectivity index (χ1) is 5.59. The Bertz CT molecular complexity index is 206. The minimum atomic E-state index is -1.58. The lowest BCUT2D eigenvalue weighted by molar-refractivity contribution is 1.01. The van der Waals surface area contributed by atoms with E-state index in [1.54, 1.807) is 0 Å². The maximum atomic E-state index is 6.67. The largest absolute Gasteiger partial charge is 0.323 e. The van der Waals surface area contributed by atoms with Crippen LogP contribution in [0, 0.1) is 0 Å². The summed E-state index contributed by atoms with van der Waals surface area (Å²) in [4.78, 5) is 0. The molecular weight excluding hydrogens is 217 g/mol. The lowest BCUT2D eigenvalue weighted by Gasteiger charge is -2.29. The third-order valence-electron chi connectivity index (χ3n) is 1.90. The highest BCUT2D eigenvalue weighted by Crippen LogP contribution is 2.63. The lowest BCUT2D eigenvalue weighted by Crippen LogP contribution is -2.18. The van der Waals surface area contributed by atoms with Gasteiger partial charge in [-0.15, -0.1) is 0 Å². The first-order valence-corrected chi connectivity index (χ1v) is 11.2. The Labute approximate surface area is 89.2 Å². The topological polar surface area (TPSA) is 12.4 Å². The average molecular weight is 240 g/mol. The predicted molar refractivity (Wildman–Crippen MR) is 68.8 cm³/mol. The average Bonchev–Trinajstić information content (AvgIpc) is 1.82. The van der Waals surface area contributed by atoms with E-state index in [-0.39, 0.29) is 0 Å². The number of hydrogen-bond donors (Lipinski definition) is 0. The molecule has 0 rings (SSSR count). The minimum Gasteiger partial charge on any atom is -0.323 e. The molecule has 0 bridgehead atoms. The Balaban J connectivity index is 5.14. The van der Waals surface area contributed by atoms with E-state index in [1.165, 1.54) is 0 Å². The summed E-state index contributed by atoms with van der Waals surface area (Å²) in [5.41, 5.74) is 1.03. The van der Waals surface area contributed by atoms with Crippen molar-refractivity contribution in [3.63, 3.8) is 0 Å². The van der Waals surface area contributed by atoms with Gasteiger partial charge in [0.25, 0.3) is 0 Å². The quantitative estimate of drug-likeness (QED) is 0.486. The molecule has 1 nitrogen and oxygen atoms in total. The third-order valence-corrected chi connectivity index (χ3v) is 11.4. The van der Waals surface area contributed by atoms with Gasteiger partial charge in [0, 0.05) is 17.7 Å². The second-order valence-corrected chi connectivity index (χ2v) is 15.2. The van der Waals surface area contributed by atoms with Crippen LogP contribution in [0.2, 0.25) is 19.6 Å². The second kappa shape index (κ2) is 4.50. The van der Waals surface area contributed by atoms with Crippen LogP contribution in [0.1, 0.15) is 27.7 Å². The van der Waals surface area contributed by atoms with Crippen molar-refractivity contribution >= 4 is 25.9 Å². The first kappa shape index (κ1) is 13.7. The molecule has 0 aromatic heterocycles. The van der Waals surface area contributed by atoms with Gasteiger partial charge in [0.2, 0.25) is 0 Å². The van der Waals surface area contributed by atoms with Gasteiger partial charge in [0.15, 0.2) is 8.24 Å². The summed E-state index contributed by atoms with van der Waals surface area (Å²) < 4.78 is 4.96. The van der Waals surface area contributed by atoms with Gasteiger partial charge in [-0.1, -0.05) is 58.6 Å². The fourth-order valence-electron chi connectivity index (χ4n) is 1.29. The van der Waals surface area contributed by atoms with E-state index in [1.807, 2.05) is 0 Å². The Morgan fingerprint density at radius 3 is 1.38 bits per heavy atom. The van der Waals surface area contributed by atoms with Gasteiger partial charge in [0.1, 0.15) is 0 Å². The molecule has 13 heavy (non-hydrogen) atoms. The molecule has 0 heterocycles. The molecule has 0 unspecified atom stereocenters. The molecular formula is C9H23ClNPSi. The van der Waals surface area contributed by atoms with Crippen molar-refractivity contribution in [3.8, 4) is 0 Å². The molecule has 0 amide bonds. The molecule has 0 N–H and O–H groups in total. The Kier molecular flexibility index (Phi) is 4.76. The van der Waals surface area contributed by atoms with Gasteiger partial charge in [-0.05, 0) is 0 Å². The Morgan fingerprint density at radius 1 is 1.00 bits per heavy atom. The molecule has 0 fully saturated rings. The van der Waals surface area contributed by atoms with E-state index in [0.717, 1.165) is 0 Å². The van der Waals surface area contributed by atoms with Crippen molar-refractivity contribution in [2.24, 2.45) is 4.41 Å². The standard InChI is InChI=1S/C9H23ClNPSi/c1-8(2)12(10,9(3)4)11-13(5,6)7/h8-9H,1-7H3. The summed E-state index contributed by atoms with van der Waals surface area (Å²) >= 11 is 6.67. The molecule has 0 saturated carbocycles. The Hall–Kier alpha value is 0.737. The van der Waals surface area contributed by atoms with E-state index in [2.05, 4.69) is 47.3 Å². The maximum Gasteiger partial charge on any atom is 0.172 e. The molecule has 0 radical (unpaired) electrons. The molecule has 0 aliphatic heterocycles. The number of rotatable bonds is 3. The molecule has 0 atom stereocenters. The van der Waals surface area contributed by atoms with Crippen LogP contribution in [0.4, 0.5) is 0 Å². The summed E-state index contributed by atoms with van der Waals surface area (Å²) in [6.07, 6.45) is -1.58. The highest BCUT2D eigenvalue weighted by molar-refractivity contribution is 7.92. The molecule has 0 saturated heterocycles. The van der Waals surface area contributed by atoms with Crippen LogP contribution < -0.4 is 0 Å². The van der Waals surface area contributed by atoms with E-state index in [9.17, 15) is 0 Å². The molecule has 0 aliphatic carbocycles. The highest BCUT2D eigenvalue weighted by atomic mass is 35.7. The van der Waals surface area contributed by atoms with E-state index in [0.29, 0.717) is 11.3 Å². The van der Waals surface area contributed by atoms with E-state index in [4.69, 9.17) is 15.7 Å². The highest BCUT2D eigenvalue weighted by Gasteiger charge is 2.28. The molecule has 0 aromatic rings. The summed E-state index contributed by atoms with van der Waals surface area (Å²) in [6.45, 7) is 15.6. The molecule has 0 aliphatic rings. The van der Waals surface area contributed by atoms with Crippen molar-refractivity contribution in [2.45, 2.75) is 58.7 Å². The van der Waals surface area contributed by atoms with Crippen molar-refractivity contribution in [3.05, 3.63) is 0 Å². The predicted octanol–water partition coefficient (Wildman–Crippen LogP) is 4.99. The zero-order valence-corrected chi connectivity index (χ0v) is 12.6. The molecule has 80 valence electrons. The molecule has 0 aromatic carbocycles. The van der Waals surface area contributed by atoms with E-state index < -0.39 is 14.6 Å². The number of hydrogen-bond acceptors (Lipinski definition) is 1. The zero-order valence-electron chi connectivity index (χ0n) is 9.93. The number of nitrogens with zero attached hydrogens (tertiary/aromatic N) is 1. The SMILES string of the molecule is CC(C)P(Cl)(=N[Si](C)(C)C)C(C)C. The van der Waals surface area contributed by atoms with Gasteiger partial charge in [-0.25, -0.2) is 0 Å². The van der Waals surface area contributed by atoms with Gasteiger partial charge in [-0.2, -0.15) is 0 Å². The summed E-state index contributed by atoms with van der Waals surface area (Å²) in [5, 5.41) is 0. The fourth-order valence-corrected chi connectivity index (χ4v) is 10.0. The maximum absolute atomic E-state index is 6.67.